The van der Waals surface area contributed by atoms with Crippen LogP contribution in [0.25, 0.3) is 0 Å². The summed E-state index contributed by atoms with van der Waals surface area (Å²) in [5.74, 6) is 0.621. The third-order valence-electron chi connectivity index (χ3n) is 3.43. The van der Waals surface area contributed by atoms with E-state index in [0.29, 0.717) is 29.2 Å². The Morgan fingerprint density at radius 3 is 2.77 bits per heavy atom. The molecule has 0 amide bonds. The Morgan fingerprint density at radius 1 is 1.36 bits per heavy atom. The van der Waals surface area contributed by atoms with Gasteiger partial charge in [0.25, 0.3) is 0 Å². The molecule has 0 heterocycles. The first-order valence-corrected chi connectivity index (χ1v) is 9.57. The quantitative estimate of drug-likeness (QED) is 0.371. The Labute approximate surface area is 145 Å². The van der Waals surface area contributed by atoms with Gasteiger partial charge in [0, 0.05) is 15.1 Å². The average Bonchev–Trinajstić information content (AvgIpc) is 2.46. The zero-order valence-electron chi connectivity index (χ0n) is 13.2. The van der Waals surface area contributed by atoms with E-state index in [2.05, 4.69) is 29.8 Å². The van der Waals surface area contributed by atoms with Crippen LogP contribution in [0.3, 0.4) is 0 Å². The van der Waals surface area contributed by atoms with Crippen molar-refractivity contribution < 1.29 is 13.9 Å². The Hall–Kier alpha value is -0.550. The first kappa shape index (κ1) is 19.5. The maximum absolute atomic E-state index is 13.2. The fourth-order valence-electron chi connectivity index (χ4n) is 2.05. The van der Waals surface area contributed by atoms with Crippen LogP contribution in [0.2, 0.25) is 0 Å². The summed E-state index contributed by atoms with van der Waals surface area (Å²) in [6.07, 6.45) is 4.86. The van der Waals surface area contributed by atoms with Gasteiger partial charge in [-0.25, -0.2) is 4.39 Å². The predicted octanol–water partition coefficient (Wildman–Crippen LogP) is 5.83. The highest BCUT2D eigenvalue weighted by molar-refractivity contribution is 9.10. The summed E-state index contributed by atoms with van der Waals surface area (Å²) in [5.41, 5.74) is 0. The highest BCUT2D eigenvalue weighted by atomic mass is 79.9. The lowest BCUT2D eigenvalue weighted by molar-refractivity contribution is -0.144. The SMILES string of the molecule is CCCCC(CC)COC(=O)CCSc1cc(F)cc(Br)c1. The maximum Gasteiger partial charge on any atom is 0.306 e. The normalized spacial score (nSPS) is 12.2. The highest BCUT2D eigenvalue weighted by Gasteiger charge is 2.10. The summed E-state index contributed by atoms with van der Waals surface area (Å²) >= 11 is 4.72. The summed E-state index contributed by atoms with van der Waals surface area (Å²) in [5, 5.41) is 0. The van der Waals surface area contributed by atoms with E-state index < -0.39 is 0 Å². The van der Waals surface area contributed by atoms with Crippen LogP contribution in [0.1, 0.15) is 46.0 Å². The van der Waals surface area contributed by atoms with Crippen LogP contribution in [0.15, 0.2) is 27.6 Å². The van der Waals surface area contributed by atoms with E-state index >= 15 is 0 Å². The van der Waals surface area contributed by atoms with Crippen molar-refractivity contribution >= 4 is 33.7 Å². The first-order chi connectivity index (χ1) is 10.5. The van der Waals surface area contributed by atoms with Crippen molar-refractivity contribution in [2.45, 2.75) is 50.8 Å². The average molecular weight is 391 g/mol. The summed E-state index contributed by atoms with van der Waals surface area (Å²) in [7, 11) is 0. The summed E-state index contributed by atoms with van der Waals surface area (Å²) in [6, 6.07) is 4.73. The summed E-state index contributed by atoms with van der Waals surface area (Å²) in [6.45, 7) is 4.82. The molecule has 0 bridgehead atoms. The van der Waals surface area contributed by atoms with Crippen molar-refractivity contribution in [3.8, 4) is 0 Å². The molecule has 22 heavy (non-hydrogen) atoms. The zero-order chi connectivity index (χ0) is 16.4. The molecule has 1 rings (SSSR count). The van der Waals surface area contributed by atoms with E-state index in [0.717, 1.165) is 17.7 Å². The molecule has 0 saturated carbocycles. The van der Waals surface area contributed by atoms with E-state index in [-0.39, 0.29) is 11.8 Å². The molecule has 0 radical (unpaired) electrons. The molecule has 0 aromatic heterocycles. The van der Waals surface area contributed by atoms with E-state index in [1.54, 1.807) is 0 Å². The number of esters is 1. The molecule has 0 spiro atoms. The van der Waals surface area contributed by atoms with Gasteiger partial charge in [-0.2, -0.15) is 0 Å². The molecular formula is C17H24BrFO2S. The molecular weight excluding hydrogens is 367 g/mol. The topological polar surface area (TPSA) is 26.3 Å². The van der Waals surface area contributed by atoms with Gasteiger partial charge in [0.05, 0.1) is 13.0 Å². The summed E-state index contributed by atoms with van der Waals surface area (Å²) in [4.78, 5) is 12.6. The Balaban J connectivity index is 2.25. The fourth-order valence-corrected chi connectivity index (χ4v) is 3.57. The number of halogens is 2. The fraction of sp³-hybridized carbons (Fsp3) is 0.588. The van der Waals surface area contributed by atoms with E-state index in [1.807, 2.05) is 6.07 Å². The van der Waals surface area contributed by atoms with Gasteiger partial charge >= 0.3 is 5.97 Å². The predicted molar refractivity (Wildman–Crippen MR) is 93.7 cm³/mol. The molecule has 0 saturated heterocycles. The summed E-state index contributed by atoms with van der Waals surface area (Å²) < 4.78 is 19.3. The Morgan fingerprint density at radius 2 is 2.14 bits per heavy atom. The molecule has 0 fully saturated rings. The lowest BCUT2D eigenvalue weighted by Crippen LogP contribution is -2.14. The van der Waals surface area contributed by atoms with Crippen molar-refractivity contribution in [3.63, 3.8) is 0 Å². The molecule has 0 aliphatic carbocycles. The minimum absolute atomic E-state index is 0.169. The lowest BCUT2D eigenvalue weighted by Gasteiger charge is -2.14. The number of benzene rings is 1. The minimum atomic E-state index is -0.277. The van der Waals surface area contributed by atoms with E-state index in [9.17, 15) is 9.18 Å². The number of hydrogen-bond acceptors (Lipinski definition) is 3. The third-order valence-corrected chi connectivity index (χ3v) is 4.87. The third kappa shape index (κ3) is 8.18. The van der Waals surface area contributed by atoms with E-state index in [4.69, 9.17) is 4.74 Å². The van der Waals surface area contributed by atoms with Crippen LogP contribution < -0.4 is 0 Å². The zero-order valence-corrected chi connectivity index (χ0v) is 15.6. The van der Waals surface area contributed by atoms with Gasteiger partial charge in [-0.1, -0.05) is 49.0 Å². The minimum Gasteiger partial charge on any atom is -0.465 e. The molecule has 0 aliphatic rings. The van der Waals surface area contributed by atoms with Crippen LogP contribution in [-0.4, -0.2) is 18.3 Å². The van der Waals surface area contributed by atoms with Gasteiger partial charge in [-0.15, -0.1) is 11.8 Å². The lowest BCUT2D eigenvalue weighted by atomic mass is 10.0. The Kier molecular flexibility index (Phi) is 9.80. The number of rotatable bonds is 10. The molecule has 1 unspecified atom stereocenters. The number of carbonyl (C=O) groups is 1. The monoisotopic (exact) mass is 390 g/mol. The first-order valence-electron chi connectivity index (χ1n) is 7.79. The van der Waals surface area contributed by atoms with Crippen molar-refractivity contribution in [1.29, 1.82) is 0 Å². The van der Waals surface area contributed by atoms with Gasteiger partial charge in [0.15, 0.2) is 0 Å². The largest absolute Gasteiger partial charge is 0.465 e. The van der Waals surface area contributed by atoms with Crippen molar-refractivity contribution in [3.05, 3.63) is 28.5 Å². The van der Waals surface area contributed by atoms with Gasteiger partial charge in [0.2, 0.25) is 0 Å². The molecule has 2 nitrogen and oxygen atoms in total. The maximum atomic E-state index is 13.2. The highest BCUT2D eigenvalue weighted by Crippen LogP contribution is 2.24. The van der Waals surface area contributed by atoms with Crippen LogP contribution >= 0.6 is 27.7 Å². The number of ether oxygens (including phenoxy) is 1. The molecule has 1 atom stereocenters. The van der Waals surface area contributed by atoms with Gasteiger partial charge in [0.1, 0.15) is 5.82 Å². The number of thioether (sulfide) groups is 1. The van der Waals surface area contributed by atoms with Gasteiger partial charge in [-0.3, -0.25) is 4.79 Å². The van der Waals surface area contributed by atoms with Crippen molar-refractivity contribution in [1.82, 2.24) is 0 Å². The smallest absolute Gasteiger partial charge is 0.306 e. The van der Waals surface area contributed by atoms with Crippen LogP contribution in [-0.2, 0) is 9.53 Å². The molecule has 1 aromatic carbocycles. The van der Waals surface area contributed by atoms with Crippen LogP contribution in [0.4, 0.5) is 4.39 Å². The second-order valence-corrected chi connectivity index (χ2v) is 7.39. The number of unbranched alkanes of at least 4 members (excludes halogenated alkanes) is 1. The van der Waals surface area contributed by atoms with Gasteiger partial charge in [-0.05, 0) is 30.5 Å². The standard InChI is InChI=1S/C17H24BrFO2S/c1-3-5-6-13(4-2)12-21-17(20)7-8-22-16-10-14(18)9-15(19)11-16/h9-11,13H,3-8,12H2,1-2H3. The van der Waals surface area contributed by atoms with Crippen molar-refractivity contribution in [2.24, 2.45) is 5.92 Å². The molecule has 0 aliphatic heterocycles. The van der Waals surface area contributed by atoms with Crippen LogP contribution in [0, 0.1) is 11.7 Å². The van der Waals surface area contributed by atoms with E-state index in [1.165, 1.54) is 36.7 Å². The number of hydrogen-bond donors (Lipinski definition) is 0. The Bertz CT molecular complexity index is 448. The second-order valence-electron chi connectivity index (χ2n) is 5.30. The van der Waals surface area contributed by atoms with Gasteiger partial charge < -0.3 is 4.74 Å². The second kappa shape index (κ2) is 11.1. The molecule has 5 heteroatoms. The molecule has 124 valence electrons. The van der Waals surface area contributed by atoms with Crippen LogP contribution in [0.5, 0.6) is 0 Å². The number of carbonyl (C=O) groups excluding carboxylic acids is 1. The molecule has 0 N–H and O–H groups in total. The van der Waals surface area contributed by atoms with Crippen molar-refractivity contribution in [2.75, 3.05) is 12.4 Å². The molecule has 1 aromatic rings.